The highest BCUT2D eigenvalue weighted by atomic mass is 16.7. The van der Waals surface area contributed by atoms with Crippen LogP contribution >= 0.6 is 0 Å². The molecule has 0 aromatic rings. The van der Waals surface area contributed by atoms with Crippen molar-refractivity contribution in [2.24, 2.45) is 0 Å². The molecular weight excluding hydrogens is 100 g/mol. The predicted molar refractivity (Wildman–Crippen MR) is 21.3 cm³/mol. The summed E-state index contributed by atoms with van der Waals surface area (Å²) < 4.78 is 4.16. The van der Waals surface area contributed by atoms with Gasteiger partial charge in [-0.1, -0.05) is 0 Å². The Balaban J connectivity index is 3.15. The highest BCUT2D eigenvalue weighted by Crippen LogP contribution is 1.89. The van der Waals surface area contributed by atoms with Crippen molar-refractivity contribution in [2.45, 2.75) is 5.97 Å². The number of ether oxygens (including phenoxy) is 1. The lowest BCUT2D eigenvalue weighted by molar-refractivity contribution is -0.329. The van der Waals surface area contributed by atoms with E-state index in [4.69, 9.17) is 15.3 Å². The van der Waals surface area contributed by atoms with Crippen LogP contribution in [-0.2, 0) is 4.74 Å². The minimum absolute atomic E-state index is 0.493. The van der Waals surface area contributed by atoms with E-state index in [0.717, 1.165) is 0 Å². The molecular formula is C3H8O4. The molecule has 0 fully saturated rings. The summed E-state index contributed by atoms with van der Waals surface area (Å²) >= 11 is 0. The molecule has 0 radical (unpaired) electrons. The second-order valence-corrected chi connectivity index (χ2v) is 1.21. The SMILES string of the molecule is COCC(O)(O)O. The van der Waals surface area contributed by atoms with E-state index in [-0.39, 0.29) is 0 Å². The van der Waals surface area contributed by atoms with Crippen molar-refractivity contribution in [1.82, 2.24) is 0 Å². The molecule has 0 aromatic heterocycles. The van der Waals surface area contributed by atoms with E-state index < -0.39 is 12.6 Å². The van der Waals surface area contributed by atoms with Gasteiger partial charge in [-0.25, -0.2) is 0 Å². The first-order valence-corrected chi connectivity index (χ1v) is 1.72. The van der Waals surface area contributed by atoms with Gasteiger partial charge in [-0.2, -0.15) is 0 Å². The molecule has 0 aliphatic rings. The number of methoxy groups -OCH3 is 1. The molecule has 0 aliphatic carbocycles. The topological polar surface area (TPSA) is 69.9 Å². The van der Waals surface area contributed by atoms with Crippen molar-refractivity contribution in [2.75, 3.05) is 13.7 Å². The van der Waals surface area contributed by atoms with Crippen molar-refractivity contribution in [3.05, 3.63) is 0 Å². The van der Waals surface area contributed by atoms with Gasteiger partial charge in [-0.15, -0.1) is 0 Å². The van der Waals surface area contributed by atoms with Crippen molar-refractivity contribution in [3.8, 4) is 0 Å². The molecule has 44 valence electrons. The van der Waals surface area contributed by atoms with Crippen molar-refractivity contribution < 1.29 is 20.1 Å². The Hall–Kier alpha value is -0.160. The number of aliphatic hydroxyl groups is 3. The fraction of sp³-hybridized carbons (Fsp3) is 1.00. The normalized spacial score (nSPS) is 12.0. The van der Waals surface area contributed by atoms with Crippen LogP contribution in [0.4, 0.5) is 0 Å². The molecule has 0 aliphatic heterocycles. The maximum atomic E-state index is 8.00. The highest BCUT2D eigenvalue weighted by molar-refractivity contribution is 4.38. The van der Waals surface area contributed by atoms with Crippen LogP contribution in [0.3, 0.4) is 0 Å². The average molecular weight is 108 g/mol. The molecule has 7 heavy (non-hydrogen) atoms. The fourth-order valence-electron chi connectivity index (χ4n) is 0.194. The van der Waals surface area contributed by atoms with Gasteiger partial charge in [-0.05, 0) is 0 Å². The lowest BCUT2D eigenvalue weighted by atomic mass is 10.6. The van der Waals surface area contributed by atoms with E-state index in [1.165, 1.54) is 7.11 Å². The van der Waals surface area contributed by atoms with E-state index >= 15 is 0 Å². The van der Waals surface area contributed by atoms with Crippen molar-refractivity contribution >= 4 is 0 Å². The van der Waals surface area contributed by atoms with Crippen LogP contribution in [0.15, 0.2) is 0 Å². The predicted octanol–water partition coefficient (Wildman–Crippen LogP) is -1.74. The largest absolute Gasteiger partial charge is 0.376 e. The lowest BCUT2D eigenvalue weighted by Gasteiger charge is -2.10. The molecule has 3 N–H and O–H groups in total. The summed E-state index contributed by atoms with van der Waals surface area (Å²) in [5, 5.41) is 24.0. The molecule has 0 saturated carbocycles. The molecule has 0 amide bonds. The van der Waals surface area contributed by atoms with E-state index in [9.17, 15) is 0 Å². The van der Waals surface area contributed by atoms with Crippen LogP contribution in [0.2, 0.25) is 0 Å². The van der Waals surface area contributed by atoms with Crippen LogP contribution in [0.1, 0.15) is 0 Å². The van der Waals surface area contributed by atoms with E-state index in [0.29, 0.717) is 0 Å². The Morgan fingerprint density at radius 1 is 1.43 bits per heavy atom. The Kier molecular flexibility index (Phi) is 2.17. The zero-order valence-electron chi connectivity index (χ0n) is 3.96. The molecule has 0 aromatic carbocycles. The van der Waals surface area contributed by atoms with Gasteiger partial charge >= 0.3 is 0 Å². The van der Waals surface area contributed by atoms with Gasteiger partial charge in [0.2, 0.25) is 0 Å². The van der Waals surface area contributed by atoms with Gasteiger partial charge in [0.15, 0.2) is 0 Å². The van der Waals surface area contributed by atoms with Gasteiger partial charge < -0.3 is 20.1 Å². The number of hydrogen-bond donors (Lipinski definition) is 3. The van der Waals surface area contributed by atoms with Gasteiger partial charge in [0.1, 0.15) is 6.61 Å². The Morgan fingerprint density at radius 3 is 1.86 bits per heavy atom. The minimum Gasteiger partial charge on any atom is -0.376 e. The Morgan fingerprint density at radius 2 is 1.86 bits per heavy atom. The highest BCUT2D eigenvalue weighted by Gasteiger charge is 2.15. The second-order valence-electron chi connectivity index (χ2n) is 1.21. The van der Waals surface area contributed by atoms with E-state index in [1.54, 1.807) is 0 Å². The van der Waals surface area contributed by atoms with Gasteiger partial charge in [-0.3, -0.25) is 0 Å². The maximum Gasteiger partial charge on any atom is 0.300 e. The smallest absolute Gasteiger partial charge is 0.300 e. The van der Waals surface area contributed by atoms with Crippen LogP contribution < -0.4 is 0 Å². The van der Waals surface area contributed by atoms with E-state index in [2.05, 4.69) is 4.74 Å². The molecule has 0 spiro atoms. The van der Waals surface area contributed by atoms with Gasteiger partial charge in [0.25, 0.3) is 5.97 Å². The number of hydrogen-bond acceptors (Lipinski definition) is 4. The molecule has 0 heterocycles. The summed E-state index contributed by atoms with van der Waals surface area (Å²) in [6, 6.07) is 0. The Bertz CT molecular complexity index is 45.4. The zero-order valence-corrected chi connectivity index (χ0v) is 3.96. The fourth-order valence-corrected chi connectivity index (χ4v) is 0.194. The summed E-state index contributed by atoms with van der Waals surface area (Å²) in [5.74, 6) is -2.67. The number of rotatable bonds is 2. The zero-order chi connectivity index (χ0) is 5.91. The molecule has 0 atom stereocenters. The molecule has 0 rings (SSSR count). The molecule has 0 bridgehead atoms. The summed E-state index contributed by atoms with van der Waals surface area (Å²) in [7, 11) is 1.25. The lowest BCUT2D eigenvalue weighted by Crippen LogP contribution is -2.32. The van der Waals surface area contributed by atoms with Crippen LogP contribution in [0, 0.1) is 0 Å². The van der Waals surface area contributed by atoms with Crippen LogP contribution in [0.5, 0.6) is 0 Å². The first kappa shape index (κ1) is 6.84. The average Bonchev–Trinajstić information content (AvgIpc) is 1.30. The third-order valence-electron chi connectivity index (χ3n) is 0.338. The molecule has 0 saturated heterocycles. The third-order valence-corrected chi connectivity index (χ3v) is 0.338. The monoisotopic (exact) mass is 108 g/mol. The van der Waals surface area contributed by atoms with Crippen LogP contribution in [-0.4, -0.2) is 35.0 Å². The van der Waals surface area contributed by atoms with Crippen molar-refractivity contribution in [1.29, 1.82) is 0 Å². The third kappa shape index (κ3) is 5.84. The quantitative estimate of drug-likeness (QED) is 0.367. The summed E-state index contributed by atoms with van der Waals surface area (Å²) in [5.41, 5.74) is 0. The first-order valence-electron chi connectivity index (χ1n) is 1.72. The summed E-state index contributed by atoms with van der Waals surface area (Å²) in [4.78, 5) is 0. The first-order chi connectivity index (χ1) is 3.06. The van der Waals surface area contributed by atoms with E-state index in [1.807, 2.05) is 0 Å². The molecule has 0 unspecified atom stereocenters. The van der Waals surface area contributed by atoms with Crippen LogP contribution in [0.25, 0.3) is 0 Å². The summed E-state index contributed by atoms with van der Waals surface area (Å²) in [6.07, 6.45) is 0. The van der Waals surface area contributed by atoms with Gasteiger partial charge in [0, 0.05) is 7.11 Å². The molecule has 4 nitrogen and oxygen atoms in total. The standard InChI is InChI=1S/C3H8O4/c1-7-2-3(4,5)6/h4-6H,2H2,1H3. The Labute approximate surface area is 41.0 Å². The molecule has 4 heteroatoms. The van der Waals surface area contributed by atoms with Crippen molar-refractivity contribution in [3.63, 3.8) is 0 Å². The minimum atomic E-state index is -2.67. The second kappa shape index (κ2) is 2.23. The van der Waals surface area contributed by atoms with Gasteiger partial charge in [0.05, 0.1) is 0 Å². The summed E-state index contributed by atoms with van der Waals surface area (Å²) in [6.45, 7) is -0.493. The maximum absolute atomic E-state index is 8.00.